The second-order valence-corrected chi connectivity index (χ2v) is 6.50. The number of benzene rings is 1. The number of pyridine rings is 1. The van der Waals surface area contributed by atoms with E-state index in [1.54, 1.807) is 6.08 Å². The van der Waals surface area contributed by atoms with Gasteiger partial charge >= 0.3 is 5.97 Å². The Bertz CT molecular complexity index is 1110. The summed E-state index contributed by atoms with van der Waals surface area (Å²) in [6.07, 6.45) is 2.59. The average molecular weight is 426 g/mol. The maximum Gasteiger partial charge on any atom is 0.330 e. The van der Waals surface area contributed by atoms with E-state index in [0.717, 1.165) is 35.0 Å². The van der Waals surface area contributed by atoms with Gasteiger partial charge in [0.2, 0.25) is 5.88 Å². The molecule has 0 aliphatic rings. The van der Waals surface area contributed by atoms with E-state index < -0.39 is 17.4 Å². The van der Waals surface area contributed by atoms with Crippen LogP contribution in [0.25, 0.3) is 12.7 Å². The van der Waals surface area contributed by atoms with E-state index in [0.29, 0.717) is 0 Å². The number of aromatic nitrogens is 1. The Kier molecular flexibility index (Phi) is 8.19. The number of carbonyl (C=O) groups is 2. The zero-order valence-corrected chi connectivity index (χ0v) is 17.7. The summed E-state index contributed by atoms with van der Waals surface area (Å²) in [5.74, 6) is -1.48. The van der Waals surface area contributed by atoms with Gasteiger partial charge in [-0.1, -0.05) is 25.3 Å². The molecule has 0 aliphatic carbocycles. The predicted molar refractivity (Wildman–Crippen MR) is 119 cm³/mol. The standard InChI is InChI=1S/C23H26N2O6/c1-5-20(27)30-13-12-25-22(28)19(16(4)21(23(25)29)31-15-26)14-17-8-10-18(11-9-17)24(6-2)7-3/h5,8-11,14-15,29H,1,4,6-7,12-13H2,2-3H3. The monoisotopic (exact) mass is 426 g/mol. The second-order valence-electron chi connectivity index (χ2n) is 6.50. The van der Waals surface area contributed by atoms with Gasteiger partial charge in [0.05, 0.1) is 11.8 Å². The maximum absolute atomic E-state index is 13.0. The van der Waals surface area contributed by atoms with Crippen molar-refractivity contribution < 1.29 is 24.2 Å². The molecule has 0 bridgehead atoms. The summed E-state index contributed by atoms with van der Waals surface area (Å²) in [5, 5.41) is 10.6. The zero-order chi connectivity index (χ0) is 23.0. The summed E-state index contributed by atoms with van der Waals surface area (Å²) >= 11 is 0. The molecule has 0 spiro atoms. The van der Waals surface area contributed by atoms with Crippen LogP contribution in [0.15, 0.2) is 41.7 Å². The van der Waals surface area contributed by atoms with Gasteiger partial charge in [-0.15, -0.1) is 0 Å². The summed E-state index contributed by atoms with van der Waals surface area (Å²) in [6, 6.07) is 7.60. The van der Waals surface area contributed by atoms with Crippen molar-refractivity contribution in [3.05, 3.63) is 63.3 Å². The molecule has 164 valence electrons. The molecular weight excluding hydrogens is 400 g/mol. The lowest BCUT2D eigenvalue weighted by Crippen LogP contribution is -2.45. The van der Waals surface area contributed by atoms with E-state index in [9.17, 15) is 19.5 Å². The molecular formula is C23H26N2O6. The molecule has 0 aliphatic heterocycles. The van der Waals surface area contributed by atoms with Crippen molar-refractivity contribution in [1.29, 1.82) is 0 Å². The first-order chi connectivity index (χ1) is 14.9. The Morgan fingerprint density at radius 1 is 1.23 bits per heavy atom. The molecule has 1 N–H and O–H groups in total. The van der Waals surface area contributed by atoms with Gasteiger partial charge in [-0.25, -0.2) is 4.79 Å². The second kappa shape index (κ2) is 10.8. The SMILES string of the molecule is C=CC(=O)OCCn1c(O)c(OC=O)c(=C)c(=Cc2ccc(N(CC)CC)cc2)c1=O. The Morgan fingerprint density at radius 3 is 2.42 bits per heavy atom. The van der Waals surface area contributed by atoms with Crippen LogP contribution < -0.4 is 25.6 Å². The first-order valence-corrected chi connectivity index (χ1v) is 9.78. The van der Waals surface area contributed by atoms with Crippen LogP contribution in [0.2, 0.25) is 0 Å². The van der Waals surface area contributed by atoms with Crippen molar-refractivity contribution in [3.8, 4) is 11.6 Å². The molecule has 8 nitrogen and oxygen atoms in total. The summed E-state index contributed by atoms with van der Waals surface area (Å²) in [7, 11) is 0. The van der Waals surface area contributed by atoms with Crippen LogP contribution in [-0.2, 0) is 20.9 Å². The van der Waals surface area contributed by atoms with E-state index in [1.807, 2.05) is 24.3 Å². The quantitative estimate of drug-likeness (QED) is 0.342. The first-order valence-electron chi connectivity index (χ1n) is 9.78. The Balaban J connectivity index is 2.56. The van der Waals surface area contributed by atoms with Crippen LogP contribution in [0.1, 0.15) is 19.4 Å². The van der Waals surface area contributed by atoms with E-state index in [4.69, 9.17) is 9.47 Å². The number of anilines is 1. The number of rotatable bonds is 10. The van der Waals surface area contributed by atoms with Crippen molar-refractivity contribution in [2.75, 3.05) is 24.6 Å². The predicted octanol–water partition coefficient (Wildman–Crippen LogP) is 0.904. The van der Waals surface area contributed by atoms with Crippen LogP contribution in [0.4, 0.5) is 5.69 Å². The largest absolute Gasteiger partial charge is 0.492 e. The summed E-state index contributed by atoms with van der Waals surface area (Å²) in [4.78, 5) is 37.3. The highest BCUT2D eigenvalue weighted by Crippen LogP contribution is 2.18. The van der Waals surface area contributed by atoms with Gasteiger partial charge < -0.3 is 19.5 Å². The number of esters is 1. The number of carbonyl (C=O) groups excluding carboxylic acids is 2. The van der Waals surface area contributed by atoms with E-state index in [1.165, 1.54) is 0 Å². The molecule has 0 unspecified atom stereocenters. The highest BCUT2D eigenvalue weighted by Gasteiger charge is 2.15. The normalized spacial score (nSPS) is 11.1. The minimum Gasteiger partial charge on any atom is -0.492 e. The van der Waals surface area contributed by atoms with Crippen molar-refractivity contribution in [2.45, 2.75) is 20.4 Å². The molecule has 1 aromatic carbocycles. The maximum atomic E-state index is 13.0. The number of aromatic hydroxyl groups is 1. The molecule has 0 amide bonds. The van der Waals surface area contributed by atoms with Crippen LogP contribution in [0.5, 0.6) is 11.6 Å². The number of nitrogens with zero attached hydrogens (tertiary/aromatic N) is 2. The molecule has 0 atom stereocenters. The van der Waals surface area contributed by atoms with Gasteiger partial charge in [0.25, 0.3) is 12.0 Å². The van der Waals surface area contributed by atoms with Crippen LogP contribution >= 0.6 is 0 Å². The molecule has 1 aromatic heterocycles. The minimum atomic E-state index is -0.661. The third-order valence-electron chi connectivity index (χ3n) is 4.76. The molecule has 31 heavy (non-hydrogen) atoms. The van der Waals surface area contributed by atoms with Gasteiger partial charge in [-0.2, -0.15) is 0 Å². The molecule has 0 saturated heterocycles. The van der Waals surface area contributed by atoms with Gasteiger partial charge in [0, 0.05) is 30.1 Å². The van der Waals surface area contributed by atoms with Gasteiger partial charge in [-0.3, -0.25) is 14.2 Å². The highest BCUT2D eigenvalue weighted by atomic mass is 16.5. The van der Waals surface area contributed by atoms with Crippen LogP contribution in [0, 0.1) is 0 Å². The molecule has 1 heterocycles. The Labute approximate surface area is 179 Å². The topological polar surface area (TPSA) is 98.1 Å². The fourth-order valence-corrected chi connectivity index (χ4v) is 3.11. The van der Waals surface area contributed by atoms with E-state index in [-0.39, 0.29) is 35.8 Å². The summed E-state index contributed by atoms with van der Waals surface area (Å²) < 4.78 is 10.7. The van der Waals surface area contributed by atoms with Crippen molar-refractivity contribution in [3.63, 3.8) is 0 Å². The fraction of sp³-hybridized carbons (Fsp3) is 0.261. The van der Waals surface area contributed by atoms with Gasteiger partial charge in [0.15, 0.2) is 5.75 Å². The number of hydrogen-bond acceptors (Lipinski definition) is 7. The van der Waals surface area contributed by atoms with Crippen molar-refractivity contribution in [2.24, 2.45) is 0 Å². The Morgan fingerprint density at radius 2 is 1.87 bits per heavy atom. The minimum absolute atomic E-state index is 0.0711. The lowest BCUT2D eigenvalue weighted by molar-refractivity contribution is -0.138. The molecule has 0 fully saturated rings. The Hall–Kier alpha value is -3.81. The number of ether oxygens (including phenoxy) is 2. The smallest absolute Gasteiger partial charge is 0.330 e. The molecule has 2 rings (SSSR count). The fourth-order valence-electron chi connectivity index (χ4n) is 3.11. The van der Waals surface area contributed by atoms with Crippen LogP contribution in [-0.4, -0.2) is 41.8 Å². The molecule has 8 heteroatoms. The van der Waals surface area contributed by atoms with E-state index >= 15 is 0 Å². The third kappa shape index (κ3) is 5.42. The molecule has 0 saturated carbocycles. The lowest BCUT2D eigenvalue weighted by Gasteiger charge is -2.20. The molecule has 0 radical (unpaired) electrons. The van der Waals surface area contributed by atoms with Crippen molar-refractivity contribution >= 4 is 30.8 Å². The van der Waals surface area contributed by atoms with Gasteiger partial charge in [0.1, 0.15) is 6.61 Å². The van der Waals surface area contributed by atoms with Crippen LogP contribution in [0.3, 0.4) is 0 Å². The number of hydrogen-bond donors (Lipinski definition) is 1. The average Bonchev–Trinajstić information content (AvgIpc) is 2.78. The lowest BCUT2D eigenvalue weighted by atomic mass is 10.1. The molecule has 2 aromatic rings. The first kappa shape index (κ1) is 23.5. The zero-order valence-electron chi connectivity index (χ0n) is 17.7. The van der Waals surface area contributed by atoms with E-state index in [2.05, 4.69) is 31.9 Å². The summed E-state index contributed by atoms with van der Waals surface area (Å²) in [5.41, 5.74) is 1.21. The highest BCUT2D eigenvalue weighted by molar-refractivity contribution is 5.81. The summed E-state index contributed by atoms with van der Waals surface area (Å²) in [6.45, 7) is 12.8. The third-order valence-corrected chi connectivity index (χ3v) is 4.76. The van der Waals surface area contributed by atoms with Gasteiger partial charge in [-0.05, 0) is 37.6 Å². The van der Waals surface area contributed by atoms with Crippen molar-refractivity contribution in [1.82, 2.24) is 4.57 Å².